The molecule has 0 aliphatic carbocycles. The number of nitrogens with two attached hydrogens (primary N) is 2. The average Bonchev–Trinajstić information content (AvgIpc) is 2.16. The quantitative estimate of drug-likeness (QED) is 0.194. The summed E-state index contributed by atoms with van der Waals surface area (Å²) >= 11 is 0. The van der Waals surface area contributed by atoms with E-state index in [1.807, 2.05) is 0 Å². The van der Waals surface area contributed by atoms with Crippen molar-refractivity contribution in [1.29, 1.82) is 0 Å². The van der Waals surface area contributed by atoms with Gasteiger partial charge in [-0.2, -0.15) is 5.53 Å². The molecule has 0 radical (unpaired) electrons. The summed E-state index contributed by atoms with van der Waals surface area (Å²) in [5.74, 6) is 11.5. The van der Waals surface area contributed by atoms with E-state index in [1.54, 1.807) is 13.1 Å². The minimum atomic E-state index is 0.576. The first-order chi connectivity index (χ1) is 5.80. The lowest BCUT2D eigenvalue weighted by atomic mass is 10.5. The van der Waals surface area contributed by atoms with E-state index in [0.717, 1.165) is 0 Å². The van der Waals surface area contributed by atoms with Crippen LogP contribution in [0, 0.1) is 0 Å². The van der Waals surface area contributed by atoms with Gasteiger partial charge in [-0.15, -0.1) is 0 Å². The van der Waals surface area contributed by atoms with Crippen molar-refractivity contribution in [2.75, 3.05) is 7.05 Å². The summed E-state index contributed by atoms with van der Waals surface area (Å²) in [6, 6.07) is 0. The van der Waals surface area contributed by atoms with Gasteiger partial charge < -0.3 is 5.43 Å². The Balaban J connectivity index is 2.71. The molecule has 0 atom stereocenters. The maximum Gasteiger partial charge on any atom is 0.141 e. The largest absolute Gasteiger partial charge is 0.309 e. The molecular weight excluding hydrogens is 160 g/mol. The summed E-state index contributed by atoms with van der Waals surface area (Å²) in [5, 5.41) is 1.30. The molecule has 8 N–H and O–H groups in total. The second-order valence-electron chi connectivity index (χ2n) is 2.00. The van der Waals surface area contributed by atoms with Crippen LogP contribution in [0.25, 0.3) is 0 Å². The third-order valence-electron chi connectivity index (χ3n) is 1.27. The predicted molar refractivity (Wildman–Crippen MR) is 44.2 cm³/mol. The van der Waals surface area contributed by atoms with E-state index >= 15 is 0 Å². The Labute approximate surface area is 69.5 Å². The maximum absolute atomic E-state index is 5.18. The van der Waals surface area contributed by atoms with Crippen molar-refractivity contribution in [3.05, 3.63) is 11.9 Å². The zero-order valence-corrected chi connectivity index (χ0v) is 6.63. The van der Waals surface area contributed by atoms with Crippen molar-refractivity contribution in [1.82, 2.24) is 27.0 Å². The van der Waals surface area contributed by atoms with E-state index in [2.05, 4.69) is 26.8 Å². The standard InChI is InChI=1S/C4H12N8/c1-7-3-2-4(8-5)10-12(9-3)11-6/h2,8,10-11H,5-6H2,1H3,(H,7,9). The van der Waals surface area contributed by atoms with Crippen LogP contribution in [0.4, 0.5) is 0 Å². The van der Waals surface area contributed by atoms with Crippen molar-refractivity contribution in [3.8, 4) is 0 Å². The van der Waals surface area contributed by atoms with Crippen LogP contribution in [0.5, 0.6) is 0 Å². The molecule has 12 heavy (non-hydrogen) atoms. The van der Waals surface area contributed by atoms with E-state index in [-0.39, 0.29) is 0 Å². The number of aliphatic imine (C=N–C) groups is 1. The monoisotopic (exact) mass is 172 g/mol. The van der Waals surface area contributed by atoms with Crippen molar-refractivity contribution in [2.24, 2.45) is 16.7 Å². The van der Waals surface area contributed by atoms with Gasteiger partial charge in [0.1, 0.15) is 11.7 Å². The summed E-state index contributed by atoms with van der Waals surface area (Å²) < 4.78 is 0. The smallest absolute Gasteiger partial charge is 0.141 e. The van der Waals surface area contributed by atoms with Gasteiger partial charge in [-0.3, -0.25) is 21.7 Å². The number of nitrogens with one attached hydrogen (secondary N) is 4. The lowest BCUT2D eigenvalue weighted by Gasteiger charge is -2.28. The average molecular weight is 172 g/mol. The van der Waals surface area contributed by atoms with Gasteiger partial charge in [0.05, 0.1) is 0 Å². The van der Waals surface area contributed by atoms with Gasteiger partial charge in [-0.25, -0.2) is 5.84 Å². The molecule has 0 bridgehead atoms. The van der Waals surface area contributed by atoms with Crippen molar-refractivity contribution < 1.29 is 0 Å². The number of nitrogens with zero attached hydrogens (tertiary/aromatic N) is 2. The molecule has 1 aliphatic heterocycles. The molecule has 0 spiro atoms. The van der Waals surface area contributed by atoms with Gasteiger partial charge in [0.2, 0.25) is 0 Å². The SMILES string of the molecule is CN=C1C=C(NN)NN(NN)N1. The van der Waals surface area contributed by atoms with Crippen LogP contribution >= 0.6 is 0 Å². The third-order valence-corrected chi connectivity index (χ3v) is 1.27. The van der Waals surface area contributed by atoms with Crippen LogP contribution < -0.4 is 33.5 Å². The van der Waals surface area contributed by atoms with Crippen molar-refractivity contribution >= 4 is 5.84 Å². The highest BCUT2D eigenvalue weighted by molar-refractivity contribution is 5.93. The number of hydrazine groups is 5. The van der Waals surface area contributed by atoms with Crippen LogP contribution in [-0.2, 0) is 0 Å². The first kappa shape index (κ1) is 8.74. The first-order valence-corrected chi connectivity index (χ1v) is 3.25. The Bertz CT molecular complexity index is 207. The summed E-state index contributed by atoms with van der Waals surface area (Å²) in [5.41, 5.74) is 10.3. The Morgan fingerprint density at radius 1 is 1.50 bits per heavy atom. The zero-order chi connectivity index (χ0) is 8.97. The van der Waals surface area contributed by atoms with Gasteiger partial charge in [-0.1, -0.05) is 0 Å². The van der Waals surface area contributed by atoms with E-state index in [0.29, 0.717) is 11.7 Å². The Morgan fingerprint density at radius 2 is 2.25 bits per heavy atom. The molecule has 1 rings (SSSR count). The Hall–Kier alpha value is -1.35. The number of amidine groups is 1. The molecule has 1 heterocycles. The highest BCUT2D eigenvalue weighted by atomic mass is 16.0. The fourth-order valence-electron chi connectivity index (χ4n) is 0.717. The second-order valence-corrected chi connectivity index (χ2v) is 2.00. The molecule has 8 heteroatoms. The molecular formula is C4H12N8. The zero-order valence-electron chi connectivity index (χ0n) is 6.63. The topological polar surface area (TPSA) is 116 Å². The minimum absolute atomic E-state index is 0.576. The van der Waals surface area contributed by atoms with Crippen LogP contribution in [0.3, 0.4) is 0 Å². The van der Waals surface area contributed by atoms with E-state index in [9.17, 15) is 0 Å². The molecule has 0 aromatic carbocycles. The summed E-state index contributed by atoms with van der Waals surface area (Å²) in [6.07, 6.45) is 1.69. The molecule has 0 saturated heterocycles. The Morgan fingerprint density at radius 3 is 2.75 bits per heavy atom. The fourth-order valence-corrected chi connectivity index (χ4v) is 0.717. The van der Waals surface area contributed by atoms with E-state index < -0.39 is 0 Å². The van der Waals surface area contributed by atoms with Crippen LogP contribution in [-0.4, -0.2) is 18.1 Å². The number of hydrogen-bond donors (Lipinski definition) is 6. The Kier molecular flexibility index (Phi) is 2.82. The van der Waals surface area contributed by atoms with Crippen LogP contribution in [0.1, 0.15) is 0 Å². The minimum Gasteiger partial charge on any atom is -0.309 e. The predicted octanol–water partition coefficient (Wildman–Crippen LogP) is -2.98. The lowest BCUT2D eigenvalue weighted by molar-refractivity contribution is 0.0890. The maximum atomic E-state index is 5.18. The summed E-state index contributed by atoms with van der Waals surface area (Å²) in [7, 11) is 1.65. The third kappa shape index (κ3) is 1.83. The summed E-state index contributed by atoms with van der Waals surface area (Å²) in [6.45, 7) is 0. The fraction of sp³-hybridized carbons (Fsp3) is 0.250. The van der Waals surface area contributed by atoms with Gasteiger partial charge in [0, 0.05) is 13.1 Å². The highest BCUT2D eigenvalue weighted by Gasteiger charge is 2.11. The first-order valence-electron chi connectivity index (χ1n) is 3.25. The lowest BCUT2D eigenvalue weighted by Crippen LogP contribution is -2.63. The molecule has 0 aromatic rings. The van der Waals surface area contributed by atoms with E-state index in [4.69, 9.17) is 11.7 Å². The number of hydrogen-bond acceptors (Lipinski definition) is 7. The molecule has 0 aromatic heterocycles. The molecule has 68 valence electrons. The van der Waals surface area contributed by atoms with Crippen LogP contribution in [0.2, 0.25) is 0 Å². The molecule has 0 saturated carbocycles. The molecule has 0 unspecified atom stereocenters. The van der Waals surface area contributed by atoms with Crippen LogP contribution in [0.15, 0.2) is 16.9 Å². The van der Waals surface area contributed by atoms with Gasteiger partial charge >= 0.3 is 0 Å². The van der Waals surface area contributed by atoms with Crippen molar-refractivity contribution in [2.45, 2.75) is 0 Å². The molecule has 1 aliphatic rings. The van der Waals surface area contributed by atoms with Gasteiger partial charge in [0.15, 0.2) is 0 Å². The van der Waals surface area contributed by atoms with Gasteiger partial charge in [-0.05, 0) is 5.23 Å². The second kappa shape index (κ2) is 3.88. The van der Waals surface area contributed by atoms with Gasteiger partial charge in [0.25, 0.3) is 0 Å². The number of rotatable bonds is 2. The molecule has 0 amide bonds. The van der Waals surface area contributed by atoms with E-state index in [1.165, 1.54) is 5.23 Å². The van der Waals surface area contributed by atoms with Crippen molar-refractivity contribution in [3.63, 3.8) is 0 Å². The normalized spacial score (nSPS) is 21.2. The molecule has 0 fully saturated rings. The summed E-state index contributed by atoms with van der Waals surface area (Å²) in [4.78, 5) is 3.90. The molecule has 8 nitrogen and oxygen atoms in total. The highest BCUT2D eigenvalue weighted by Crippen LogP contribution is 1.90.